The van der Waals surface area contributed by atoms with Crippen LogP contribution in [0, 0.1) is 0 Å². The van der Waals surface area contributed by atoms with Crippen LogP contribution in [-0.2, 0) is 4.79 Å². The normalized spacial score (nSPS) is 18.9. The summed E-state index contributed by atoms with van der Waals surface area (Å²) in [5, 5.41) is 6.47. The lowest BCUT2D eigenvalue weighted by Gasteiger charge is -2.23. The summed E-state index contributed by atoms with van der Waals surface area (Å²) in [6.45, 7) is 4.31. The van der Waals surface area contributed by atoms with E-state index in [1.807, 2.05) is 0 Å². The fourth-order valence-electron chi connectivity index (χ4n) is 2.87. The van der Waals surface area contributed by atoms with Crippen LogP contribution in [-0.4, -0.2) is 25.0 Å². The van der Waals surface area contributed by atoms with E-state index >= 15 is 0 Å². The fraction of sp³-hybridized carbons (Fsp3) is 0.941. The maximum atomic E-state index is 11.8. The summed E-state index contributed by atoms with van der Waals surface area (Å²) in [4.78, 5) is 11.8. The van der Waals surface area contributed by atoms with Crippen LogP contribution in [0.15, 0.2) is 0 Å². The first-order valence-corrected chi connectivity index (χ1v) is 8.83. The molecule has 0 saturated carbocycles. The van der Waals surface area contributed by atoms with Gasteiger partial charge in [-0.3, -0.25) is 4.79 Å². The van der Waals surface area contributed by atoms with Crippen molar-refractivity contribution in [1.82, 2.24) is 10.6 Å². The van der Waals surface area contributed by atoms with Gasteiger partial charge >= 0.3 is 0 Å². The number of piperidine rings is 1. The van der Waals surface area contributed by atoms with E-state index in [4.69, 9.17) is 0 Å². The summed E-state index contributed by atoms with van der Waals surface area (Å²) in [7, 11) is 0. The van der Waals surface area contributed by atoms with Gasteiger partial charge in [0.2, 0.25) is 5.91 Å². The SMILES string of the molecule is CCCCCCCCCCCC(=O)N[C@H]1CCCNC1. The van der Waals surface area contributed by atoms with Crippen molar-refractivity contribution in [1.29, 1.82) is 0 Å². The van der Waals surface area contributed by atoms with Crippen molar-refractivity contribution >= 4 is 5.91 Å². The van der Waals surface area contributed by atoms with Gasteiger partial charge in [-0.05, 0) is 25.8 Å². The molecule has 1 saturated heterocycles. The zero-order chi connectivity index (χ0) is 14.5. The van der Waals surface area contributed by atoms with Crippen LogP contribution >= 0.6 is 0 Å². The highest BCUT2D eigenvalue weighted by atomic mass is 16.1. The van der Waals surface area contributed by atoms with Gasteiger partial charge in [0.05, 0.1) is 0 Å². The van der Waals surface area contributed by atoms with Crippen molar-refractivity contribution in [3.05, 3.63) is 0 Å². The molecule has 118 valence electrons. The third-order valence-corrected chi connectivity index (χ3v) is 4.17. The molecular weight excluding hydrogens is 248 g/mol. The van der Waals surface area contributed by atoms with Gasteiger partial charge in [0.1, 0.15) is 0 Å². The Kier molecular flexibility index (Phi) is 10.7. The minimum absolute atomic E-state index is 0.252. The zero-order valence-corrected chi connectivity index (χ0v) is 13.4. The zero-order valence-electron chi connectivity index (χ0n) is 13.4. The third kappa shape index (κ3) is 9.35. The van der Waals surface area contributed by atoms with E-state index < -0.39 is 0 Å². The minimum atomic E-state index is 0.252. The first kappa shape index (κ1) is 17.5. The van der Waals surface area contributed by atoms with E-state index in [1.54, 1.807) is 0 Å². The molecule has 3 heteroatoms. The summed E-state index contributed by atoms with van der Waals surface area (Å²) in [6.07, 6.45) is 14.8. The van der Waals surface area contributed by atoms with Gasteiger partial charge in [0.15, 0.2) is 0 Å². The van der Waals surface area contributed by atoms with Crippen LogP contribution < -0.4 is 10.6 Å². The van der Waals surface area contributed by atoms with E-state index in [0.717, 1.165) is 25.9 Å². The smallest absolute Gasteiger partial charge is 0.220 e. The van der Waals surface area contributed by atoms with E-state index in [-0.39, 0.29) is 5.91 Å². The average molecular weight is 282 g/mol. The molecule has 1 aliphatic rings. The Morgan fingerprint density at radius 3 is 2.30 bits per heavy atom. The molecule has 20 heavy (non-hydrogen) atoms. The highest BCUT2D eigenvalue weighted by molar-refractivity contribution is 5.76. The molecule has 3 nitrogen and oxygen atoms in total. The van der Waals surface area contributed by atoms with E-state index in [9.17, 15) is 4.79 Å². The van der Waals surface area contributed by atoms with Gasteiger partial charge in [0, 0.05) is 19.0 Å². The Morgan fingerprint density at radius 2 is 1.70 bits per heavy atom. The van der Waals surface area contributed by atoms with Crippen molar-refractivity contribution in [3.63, 3.8) is 0 Å². The Labute approximate surface area is 125 Å². The number of nitrogens with one attached hydrogen (secondary N) is 2. The molecule has 2 N–H and O–H groups in total. The van der Waals surface area contributed by atoms with Crippen molar-refractivity contribution in [2.45, 2.75) is 90.0 Å². The van der Waals surface area contributed by atoms with Crippen LogP contribution in [0.1, 0.15) is 84.0 Å². The lowest BCUT2D eigenvalue weighted by molar-refractivity contribution is -0.122. The fourth-order valence-corrected chi connectivity index (χ4v) is 2.87. The van der Waals surface area contributed by atoms with Gasteiger partial charge in [-0.15, -0.1) is 0 Å². The highest BCUT2D eigenvalue weighted by Gasteiger charge is 2.14. The van der Waals surface area contributed by atoms with Gasteiger partial charge in [-0.25, -0.2) is 0 Å². The van der Waals surface area contributed by atoms with Gasteiger partial charge in [-0.2, -0.15) is 0 Å². The summed E-state index contributed by atoms with van der Waals surface area (Å²) >= 11 is 0. The Hall–Kier alpha value is -0.570. The maximum absolute atomic E-state index is 11.8. The van der Waals surface area contributed by atoms with Crippen molar-refractivity contribution in [2.75, 3.05) is 13.1 Å². The minimum Gasteiger partial charge on any atom is -0.352 e. The second-order valence-corrected chi connectivity index (χ2v) is 6.19. The average Bonchev–Trinajstić information content (AvgIpc) is 2.46. The number of hydrogen-bond donors (Lipinski definition) is 2. The molecule has 0 aliphatic carbocycles. The van der Waals surface area contributed by atoms with Crippen LogP contribution in [0.5, 0.6) is 0 Å². The molecule has 1 aliphatic heterocycles. The number of carbonyl (C=O) groups is 1. The summed E-state index contributed by atoms with van der Waals surface area (Å²) in [5.74, 6) is 0.252. The van der Waals surface area contributed by atoms with E-state index in [0.29, 0.717) is 12.5 Å². The van der Waals surface area contributed by atoms with Crippen LogP contribution in [0.4, 0.5) is 0 Å². The predicted octanol–water partition coefficient (Wildman–Crippen LogP) is 3.78. The predicted molar refractivity (Wildman–Crippen MR) is 85.9 cm³/mol. The Morgan fingerprint density at radius 1 is 1.05 bits per heavy atom. The Balaban J connectivity index is 1.84. The first-order chi connectivity index (χ1) is 9.83. The maximum Gasteiger partial charge on any atom is 0.220 e. The Bertz CT molecular complexity index is 237. The third-order valence-electron chi connectivity index (χ3n) is 4.17. The van der Waals surface area contributed by atoms with Crippen molar-refractivity contribution < 1.29 is 4.79 Å². The lowest BCUT2D eigenvalue weighted by Crippen LogP contribution is -2.45. The molecule has 1 amide bonds. The van der Waals surface area contributed by atoms with Crippen molar-refractivity contribution in [3.8, 4) is 0 Å². The summed E-state index contributed by atoms with van der Waals surface area (Å²) < 4.78 is 0. The van der Waals surface area contributed by atoms with E-state index in [2.05, 4.69) is 17.6 Å². The molecular formula is C17H34N2O. The molecule has 0 bridgehead atoms. The van der Waals surface area contributed by atoms with Gasteiger partial charge in [-0.1, -0.05) is 58.3 Å². The molecule has 0 aromatic rings. The van der Waals surface area contributed by atoms with E-state index in [1.165, 1.54) is 57.8 Å². The number of carbonyl (C=O) groups excluding carboxylic acids is 1. The molecule has 1 heterocycles. The summed E-state index contributed by atoms with van der Waals surface area (Å²) in [5.41, 5.74) is 0. The number of hydrogen-bond acceptors (Lipinski definition) is 2. The molecule has 1 fully saturated rings. The molecule has 0 radical (unpaired) electrons. The van der Waals surface area contributed by atoms with Gasteiger partial charge in [0.25, 0.3) is 0 Å². The summed E-state index contributed by atoms with van der Waals surface area (Å²) in [6, 6.07) is 0.370. The van der Waals surface area contributed by atoms with Crippen LogP contribution in [0.2, 0.25) is 0 Å². The second kappa shape index (κ2) is 12.2. The lowest BCUT2D eigenvalue weighted by atomic mass is 10.1. The molecule has 1 atom stereocenters. The van der Waals surface area contributed by atoms with Crippen LogP contribution in [0.25, 0.3) is 0 Å². The molecule has 0 unspecified atom stereocenters. The molecule has 0 spiro atoms. The van der Waals surface area contributed by atoms with Gasteiger partial charge < -0.3 is 10.6 Å². The molecule has 0 aromatic heterocycles. The monoisotopic (exact) mass is 282 g/mol. The second-order valence-electron chi connectivity index (χ2n) is 6.19. The number of rotatable bonds is 11. The van der Waals surface area contributed by atoms with Crippen molar-refractivity contribution in [2.24, 2.45) is 0 Å². The molecule has 1 rings (SSSR count). The topological polar surface area (TPSA) is 41.1 Å². The largest absolute Gasteiger partial charge is 0.352 e. The highest BCUT2D eigenvalue weighted by Crippen LogP contribution is 2.10. The molecule has 0 aromatic carbocycles. The quantitative estimate of drug-likeness (QED) is 0.566. The van der Waals surface area contributed by atoms with Crippen LogP contribution in [0.3, 0.4) is 0 Å². The number of amides is 1. The first-order valence-electron chi connectivity index (χ1n) is 8.83. The standard InChI is InChI=1S/C17H34N2O/c1-2-3-4-5-6-7-8-9-10-13-17(20)19-16-12-11-14-18-15-16/h16,18H,2-15H2,1H3,(H,19,20)/t16-/m0/s1. The number of unbranched alkanes of at least 4 members (excludes halogenated alkanes) is 8.